The lowest BCUT2D eigenvalue weighted by atomic mass is 9.63. The number of hydrazine groups is 1. The van der Waals surface area contributed by atoms with Crippen LogP contribution in [0.5, 0.6) is 0 Å². The van der Waals surface area contributed by atoms with E-state index in [1.54, 1.807) is 13.8 Å². The third-order valence-corrected chi connectivity index (χ3v) is 6.23. The minimum absolute atomic E-state index is 0.0120. The number of Topliss-reactive ketones (excluding diaryl/α,β-unsaturated/α-hetero) is 2. The van der Waals surface area contributed by atoms with Crippen LogP contribution in [0.4, 0.5) is 19.0 Å². The van der Waals surface area contributed by atoms with Gasteiger partial charge in [0.25, 0.3) is 11.8 Å². The van der Waals surface area contributed by atoms with Crippen molar-refractivity contribution in [1.29, 1.82) is 0 Å². The number of aromatic nitrogens is 1. The number of alkyl halides is 3. The van der Waals surface area contributed by atoms with Crippen LogP contribution >= 0.6 is 11.6 Å². The normalized spacial score (nSPS) is 26.8. The van der Waals surface area contributed by atoms with Crippen LogP contribution in [0.25, 0.3) is 0 Å². The van der Waals surface area contributed by atoms with E-state index >= 15 is 0 Å². The Morgan fingerprint density at radius 1 is 1.19 bits per heavy atom. The van der Waals surface area contributed by atoms with Crippen molar-refractivity contribution in [3.05, 3.63) is 22.8 Å². The maximum atomic E-state index is 13.3. The van der Waals surface area contributed by atoms with Crippen LogP contribution in [-0.4, -0.2) is 52.1 Å². The van der Waals surface area contributed by atoms with E-state index in [2.05, 4.69) is 10.5 Å². The predicted octanol–water partition coefficient (Wildman–Crippen LogP) is 1.69. The molecule has 1 aromatic rings. The number of hydroxylamine groups is 1. The number of carbonyl (C=O) groups is 4. The Balaban J connectivity index is 1.68. The third-order valence-electron chi connectivity index (χ3n) is 5.96. The van der Waals surface area contributed by atoms with Gasteiger partial charge in [0.1, 0.15) is 5.92 Å². The zero-order valence-corrected chi connectivity index (χ0v) is 17.9. The zero-order chi connectivity index (χ0) is 23.8. The second-order valence-corrected chi connectivity index (χ2v) is 9.24. The molecular weight excluding hydrogens is 457 g/mol. The molecular formula is C19H18ClF3N4O5. The number of halogens is 4. The summed E-state index contributed by atoms with van der Waals surface area (Å²) in [7, 11) is 1.20. The fourth-order valence-corrected chi connectivity index (χ4v) is 4.71. The number of pyridine rings is 1. The van der Waals surface area contributed by atoms with Crippen molar-refractivity contribution in [2.75, 3.05) is 12.1 Å². The number of amides is 2. The van der Waals surface area contributed by atoms with Crippen molar-refractivity contribution in [2.45, 2.75) is 44.5 Å². The van der Waals surface area contributed by atoms with Crippen LogP contribution in [0, 0.1) is 11.3 Å². The van der Waals surface area contributed by atoms with E-state index in [-0.39, 0.29) is 18.7 Å². The lowest BCUT2D eigenvalue weighted by molar-refractivity contribution is -0.156. The summed E-state index contributed by atoms with van der Waals surface area (Å²) in [4.78, 5) is 61.0. The van der Waals surface area contributed by atoms with Gasteiger partial charge in [0, 0.05) is 26.1 Å². The molecule has 2 saturated heterocycles. The highest BCUT2D eigenvalue weighted by Crippen LogP contribution is 2.46. The van der Waals surface area contributed by atoms with Crippen molar-refractivity contribution in [3.8, 4) is 0 Å². The Labute approximate surface area is 184 Å². The summed E-state index contributed by atoms with van der Waals surface area (Å²) in [6.45, 7) is 3.48. The van der Waals surface area contributed by atoms with Gasteiger partial charge in [-0.3, -0.25) is 29.0 Å². The van der Waals surface area contributed by atoms with Gasteiger partial charge in [-0.2, -0.15) is 23.7 Å². The molecule has 0 radical (unpaired) electrons. The number of anilines is 1. The molecule has 9 nitrogen and oxygen atoms in total. The average Bonchev–Trinajstić information content (AvgIpc) is 3.16. The van der Waals surface area contributed by atoms with Crippen LogP contribution in [0.2, 0.25) is 5.02 Å². The van der Waals surface area contributed by atoms with Crippen LogP contribution in [0.1, 0.15) is 32.3 Å². The van der Waals surface area contributed by atoms with Gasteiger partial charge < -0.3 is 0 Å². The fourth-order valence-electron chi connectivity index (χ4n) is 4.42. The molecule has 2 atom stereocenters. The van der Waals surface area contributed by atoms with Gasteiger partial charge in [0.2, 0.25) is 0 Å². The van der Waals surface area contributed by atoms with Gasteiger partial charge in [-0.15, -0.1) is 0 Å². The highest BCUT2D eigenvalue weighted by Gasteiger charge is 2.71. The number of imide groups is 1. The fraction of sp³-hybridized carbons (Fsp3) is 0.526. The minimum atomic E-state index is -4.69. The molecule has 1 aliphatic carbocycles. The molecule has 3 aliphatic rings. The van der Waals surface area contributed by atoms with E-state index in [0.717, 1.165) is 5.01 Å². The van der Waals surface area contributed by atoms with Gasteiger partial charge in [-0.05, 0) is 11.5 Å². The van der Waals surface area contributed by atoms with E-state index in [1.165, 1.54) is 7.05 Å². The molecule has 32 heavy (non-hydrogen) atoms. The lowest BCUT2D eigenvalue weighted by Crippen LogP contribution is -2.65. The van der Waals surface area contributed by atoms with Crippen molar-refractivity contribution in [2.24, 2.45) is 11.3 Å². The van der Waals surface area contributed by atoms with Crippen LogP contribution in [0.3, 0.4) is 0 Å². The van der Waals surface area contributed by atoms with Crippen LogP contribution in [0.15, 0.2) is 12.3 Å². The Morgan fingerprint density at radius 2 is 1.78 bits per heavy atom. The second-order valence-electron chi connectivity index (χ2n) is 8.83. The Morgan fingerprint density at radius 3 is 2.31 bits per heavy atom. The zero-order valence-electron chi connectivity index (χ0n) is 17.1. The summed E-state index contributed by atoms with van der Waals surface area (Å²) in [6.07, 6.45) is -5.67. The van der Waals surface area contributed by atoms with Crippen molar-refractivity contribution in [3.63, 3.8) is 0 Å². The summed E-state index contributed by atoms with van der Waals surface area (Å²) in [6, 6.07) is 0.613. The number of rotatable bonds is 2. The van der Waals surface area contributed by atoms with E-state index in [0.29, 0.717) is 17.3 Å². The van der Waals surface area contributed by atoms with Gasteiger partial charge in [0.05, 0.1) is 10.6 Å². The molecule has 0 aromatic carbocycles. The molecule has 4 rings (SSSR count). The van der Waals surface area contributed by atoms with Gasteiger partial charge in [0.15, 0.2) is 29.0 Å². The van der Waals surface area contributed by atoms with E-state index in [9.17, 15) is 32.3 Å². The number of carbonyl (C=O) groups excluding carboxylic acids is 4. The first-order valence-corrected chi connectivity index (χ1v) is 9.92. The first kappa shape index (κ1) is 22.6. The maximum absolute atomic E-state index is 13.3. The van der Waals surface area contributed by atoms with Gasteiger partial charge in [-0.25, -0.2) is 4.98 Å². The minimum Gasteiger partial charge on any atom is -0.297 e. The van der Waals surface area contributed by atoms with E-state index < -0.39 is 63.1 Å². The summed E-state index contributed by atoms with van der Waals surface area (Å²) >= 11 is 5.94. The highest BCUT2D eigenvalue weighted by molar-refractivity contribution is 6.33. The first-order chi connectivity index (χ1) is 14.7. The second kappa shape index (κ2) is 6.96. The number of hydrogen-bond acceptors (Lipinski definition) is 8. The average molecular weight is 475 g/mol. The van der Waals surface area contributed by atoms with Crippen LogP contribution in [-0.2, 0) is 30.2 Å². The number of fused-ring (bicyclic) bond motifs is 2. The Kier molecular flexibility index (Phi) is 4.92. The van der Waals surface area contributed by atoms with Crippen molar-refractivity contribution in [1.82, 2.24) is 15.5 Å². The van der Waals surface area contributed by atoms with E-state index in [1.807, 2.05) is 0 Å². The monoisotopic (exact) mass is 474 g/mol. The first-order valence-electron chi connectivity index (χ1n) is 9.54. The third kappa shape index (κ3) is 3.11. The number of nitrogens with zero attached hydrogens (tertiary/aromatic N) is 3. The van der Waals surface area contributed by atoms with Crippen LogP contribution < -0.4 is 10.5 Å². The number of hydrogen-bond donors (Lipinski definition) is 1. The highest BCUT2D eigenvalue weighted by atomic mass is 35.5. The molecule has 1 aromatic heterocycles. The van der Waals surface area contributed by atoms with Crippen molar-refractivity contribution >= 4 is 40.8 Å². The molecule has 1 N–H and O–H groups in total. The molecule has 2 amide bonds. The summed E-state index contributed by atoms with van der Waals surface area (Å²) in [5.41, 5.74) is -1.37. The molecule has 1 saturated carbocycles. The lowest BCUT2D eigenvalue weighted by Gasteiger charge is -2.40. The number of ketones is 2. The topological polar surface area (TPSA) is 109 Å². The molecule has 1 spiro atoms. The van der Waals surface area contributed by atoms with Gasteiger partial charge >= 0.3 is 6.18 Å². The maximum Gasteiger partial charge on any atom is 0.417 e. The molecule has 2 aliphatic heterocycles. The predicted molar refractivity (Wildman–Crippen MR) is 102 cm³/mol. The molecule has 3 heterocycles. The quantitative estimate of drug-likeness (QED) is 0.509. The Hall–Kier alpha value is -2.57. The molecule has 0 unspecified atom stereocenters. The largest absolute Gasteiger partial charge is 0.417 e. The molecule has 3 fully saturated rings. The summed E-state index contributed by atoms with van der Waals surface area (Å²) in [5.74, 6) is -4.72. The van der Waals surface area contributed by atoms with E-state index in [4.69, 9.17) is 16.4 Å². The molecule has 172 valence electrons. The smallest absolute Gasteiger partial charge is 0.297 e. The summed E-state index contributed by atoms with van der Waals surface area (Å²) < 4.78 is 38.7. The van der Waals surface area contributed by atoms with Crippen molar-refractivity contribution < 1.29 is 37.2 Å². The molecule has 0 bridgehead atoms. The summed E-state index contributed by atoms with van der Waals surface area (Å²) in [5, 5.41) is 1.00. The SMILES string of the molecule is CN(c1ncc(C(F)(F)F)cc1Cl)N1C(=O)[C@@H]2[C@@H](ONC23C(=O)CC(C)(C)CC3=O)C1=O. The molecule has 13 heteroatoms. The number of nitrogens with one attached hydrogen (secondary N) is 1. The standard InChI is InChI=1S/C19H18ClF3N4O5/c1-17(2)5-10(28)18(11(29)6-17)12-13(32-25-18)16(31)27(15(12)30)26(3)14-9(20)4-8(7-24-14)19(21,22)23/h4,7,12-13,25H,5-6H2,1-3H3/t12-,13+/m0/s1. The Bertz CT molecular complexity index is 1040. The van der Waals surface area contributed by atoms with Gasteiger partial charge in [-0.1, -0.05) is 25.4 Å².